The van der Waals surface area contributed by atoms with Crippen molar-refractivity contribution < 1.29 is 18.8 Å². The molecule has 7 nitrogen and oxygen atoms in total. The van der Waals surface area contributed by atoms with Gasteiger partial charge in [0, 0.05) is 43.4 Å². The normalized spacial score (nSPS) is 18.5. The molecule has 3 aromatic rings. The predicted molar refractivity (Wildman–Crippen MR) is 133 cm³/mol. The highest BCUT2D eigenvalue weighted by atomic mass is 16.5. The summed E-state index contributed by atoms with van der Waals surface area (Å²) >= 11 is 0. The topological polar surface area (TPSA) is 77.7 Å². The summed E-state index contributed by atoms with van der Waals surface area (Å²) < 4.78 is 17.3. The van der Waals surface area contributed by atoms with Gasteiger partial charge in [-0.25, -0.2) is 4.98 Å². The third-order valence-corrected chi connectivity index (χ3v) is 6.73. The Labute approximate surface area is 206 Å². The van der Waals surface area contributed by atoms with Crippen LogP contribution in [0.15, 0.2) is 53.2 Å². The van der Waals surface area contributed by atoms with Crippen molar-refractivity contribution in [3.05, 3.63) is 65.7 Å². The lowest BCUT2D eigenvalue weighted by Gasteiger charge is -2.20. The number of anilines is 1. The molecular formula is C28H33N3O4. The predicted octanol–water partition coefficient (Wildman–Crippen LogP) is 5.13. The van der Waals surface area contributed by atoms with E-state index in [4.69, 9.17) is 14.0 Å². The number of hydrogen-bond donors (Lipinski definition) is 0. The molecule has 1 saturated carbocycles. The van der Waals surface area contributed by atoms with Gasteiger partial charge in [-0.2, -0.15) is 0 Å². The highest BCUT2D eigenvalue weighted by Gasteiger charge is 2.26. The number of carbonyl (C=O) groups excluding carboxylic acids is 1. The van der Waals surface area contributed by atoms with Crippen molar-refractivity contribution in [2.45, 2.75) is 58.0 Å². The first kappa shape index (κ1) is 23.4. The van der Waals surface area contributed by atoms with Crippen molar-refractivity contribution in [3.63, 3.8) is 0 Å². The zero-order valence-corrected chi connectivity index (χ0v) is 20.5. The SMILES string of the molecule is Cc1cc(CC(=O)C[C@@H](C)c2ccc(OC3CCN(c4ccnc(OCC5CC5)c4)C3)cc2)on1. The van der Waals surface area contributed by atoms with Crippen LogP contribution in [0.4, 0.5) is 5.69 Å². The standard InChI is InChI=1S/C28H33N3O4/c1-19(13-24(32)16-27-14-20(2)30-35-27)22-5-7-25(8-6-22)34-26-10-12-31(17-26)23-9-11-29-28(15-23)33-18-21-3-4-21/h5-9,11,14-15,19,21,26H,3-4,10,12-13,16-18H2,1-2H3/t19-,26?/m1/s1. The number of hydrogen-bond acceptors (Lipinski definition) is 7. The number of nitrogens with zero attached hydrogens (tertiary/aromatic N) is 3. The molecule has 1 aromatic carbocycles. The highest BCUT2D eigenvalue weighted by Crippen LogP contribution is 2.31. The van der Waals surface area contributed by atoms with E-state index in [9.17, 15) is 4.79 Å². The first-order valence-corrected chi connectivity index (χ1v) is 12.6. The molecule has 2 aromatic heterocycles. The number of aryl methyl sites for hydroxylation is 1. The van der Waals surface area contributed by atoms with Crippen LogP contribution in [0.2, 0.25) is 0 Å². The van der Waals surface area contributed by atoms with Gasteiger partial charge in [0.25, 0.3) is 0 Å². The average Bonchev–Trinajstić information content (AvgIpc) is 3.43. The second-order valence-electron chi connectivity index (χ2n) is 9.91. The maximum atomic E-state index is 12.4. The van der Waals surface area contributed by atoms with Crippen LogP contribution in [-0.4, -0.2) is 41.7 Å². The van der Waals surface area contributed by atoms with E-state index in [-0.39, 0.29) is 24.2 Å². The van der Waals surface area contributed by atoms with Crippen molar-refractivity contribution in [2.75, 3.05) is 24.6 Å². The summed E-state index contributed by atoms with van der Waals surface area (Å²) in [5.41, 5.74) is 3.06. The van der Waals surface area contributed by atoms with Gasteiger partial charge in [-0.05, 0) is 55.4 Å². The molecule has 0 spiro atoms. The number of aromatic nitrogens is 2. The molecule has 3 heterocycles. The molecule has 184 valence electrons. The lowest BCUT2D eigenvalue weighted by Crippen LogP contribution is -2.24. The van der Waals surface area contributed by atoms with Gasteiger partial charge in [0.05, 0.1) is 25.3 Å². The smallest absolute Gasteiger partial charge is 0.215 e. The molecule has 0 N–H and O–H groups in total. The van der Waals surface area contributed by atoms with Gasteiger partial charge < -0.3 is 18.9 Å². The van der Waals surface area contributed by atoms with E-state index in [0.29, 0.717) is 24.0 Å². The molecule has 1 saturated heterocycles. The summed E-state index contributed by atoms with van der Waals surface area (Å²) in [5.74, 6) is 3.19. The van der Waals surface area contributed by atoms with Crippen molar-refractivity contribution in [2.24, 2.45) is 5.92 Å². The Kier molecular flexibility index (Phi) is 7.02. The molecule has 7 heteroatoms. The Morgan fingerprint density at radius 2 is 2.00 bits per heavy atom. The van der Waals surface area contributed by atoms with Crippen LogP contribution in [-0.2, 0) is 11.2 Å². The molecule has 0 bridgehead atoms. The second-order valence-corrected chi connectivity index (χ2v) is 9.91. The maximum absolute atomic E-state index is 12.4. The van der Waals surface area contributed by atoms with Crippen LogP contribution in [0.25, 0.3) is 0 Å². The van der Waals surface area contributed by atoms with Crippen LogP contribution in [0, 0.1) is 12.8 Å². The van der Waals surface area contributed by atoms with Gasteiger partial charge in [0.15, 0.2) is 0 Å². The van der Waals surface area contributed by atoms with Gasteiger partial charge >= 0.3 is 0 Å². The molecule has 35 heavy (non-hydrogen) atoms. The Balaban J connectivity index is 1.10. The summed E-state index contributed by atoms with van der Waals surface area (Å²) in [5, 5.41) is 3.85. The summed E-state index contributed by atoms with van der Waals surface area (Å²) in [6, 6.07) is 14.0. The van der Waals surface area contributed by atoms with E-state index in [0.717, 1.165) is 48.8 Å². The second kappa shape index (κ2) is 10.5. The van der Waals surface area contributed by atoms with E-state index in [2.05, 4.69) is 34.1 Å². The Hall–Kier alpha value is -3.35. The Bertz CT molecular complexity index is 1140. The first-order valence-electron chi connectivity index (χ1n) is 12.6. The highest BCUT2D eigenvalue weighted by molar-refractivity contribution is 5.81. The summed E-state index contributed by atoms with van der Waals surface area (Å²) in [6.45, 7) is 6.48. The van der Waals surface area contributed by atoms with Crippen LogP contribution in [0.5, 0.6) is 11.6 Å². The number of rotatable bonds is 11. The molecule has 2 aliphatic rings. The van der Waals surface area contributed by atoms with Gasteiger partial charge in [-0.15, -0.1) is 0 Å². The minimum atomic E-state index is 0.130. The molecule has 0 radical (unpaired) electrons. The molecule has 2 atom stereocenters. The molecule has 5 rings (SSSR count). The maximum Gasteiger partial charge on any atom is 0.215 e. The fraction of sp³-hybridized carbons (Fsp3) is 0.464. The van der Waals surface area contributed by atoms with E-state index in [1.807, 2.05) is 43.5 Å². The van der Waals surface area contributed by atoms with E-state index < -0.39 is 0 Å². The fourth-order valence-corrected chi connectivity index (χ4v) is 4.51. The van der Waals surface area contributed by atoms with Crippen LogP contribution in [0.1, 0.15) is 55.5 Å². The Morgan fingerprint density at radius 1 is 1.17 bits per heavy atom. The zero-order chi connectivity index (χ0) is 24.2. The van der Waals surface area contributed by atoms with Crippen LogP contribution < -0.4 is 14.4 Å². The molecule has 1 unspecified atom stereocenters. The molecular weight excluding hydrogens is 442 g/mol. The number of carbonyl (C=O) groups is 1. The Morgan fingerprint density at radius 3 is 2.74 bits per heavy atom. The van der Waals surface area contributed by atoms with Crippen molar-refractivity contribution in [1.82, 2.24) is 10.1 Å². The average molecular weight is 476 g/mol. The van der Waals surface area contributed by atoms with Gasteiger partial charge in [-0.3, -0.25) is 4.79 Å². The summed E-state index contributed by atoms with van der Waals surface area (Å²) in [4.78, 5) is 19.1. The lowest BCUT2D eigenvalue weighted by molar-refractivity contribution is -0.119. The van der Waals surface area contributed by atoms with Crippen molar-refractivity contribution in [1.29, 1.82) is 0 Å². The van der Waals surface area contributed by atoms with Crippen molar-refractivity contribution in [3.8, 4) is 11.6 Å². The van der Waals surface area contributed by atoms with Crippen molar-refractivity contribution >= 4 is 11.5 Å². The summed E-state index contributed by atoms with van der Waals surface area (Å²) in [7, 11) is 0. The van der Waals surface area contributed by atoms with Gasteiger partial charge in [0.1, 0.15) is 23.4 Å². The zero-order valence-electron chi connectivity index (χ0n) is 20.5. The van der Waals surface area contributed by atoms with E-state index in [1.165, 1.54) is 12.8 Å². The third kappa shape index (κ3) is 6.41. The summed E-state index contributed by atoms with van der Waals surface area (Å²) in [6.07, 6.45) is 6.22. The van der Waals surface area contributed by atoms with Gasteiger partial charge in [0.2, 0.25) is 5.88 Å². The monoisotopic (exact) mass is 475 g/mol. The third-order valence-electron chi connectivity index (χ3n) is 6.73. The van der Waals surface area contributed by atoms with E-state index in [1.54, 1.807) is 0 Å². The van der Waals surface area contributed by atoms with Gasteiger partial charge in [-0.1, -0.05) is 24.2 Å². The quantitative estimate of drug-likeness (QED) is 0.380. The van der Waals surface area contributed by atoms with Crippen LogP contribution >= 0.6 is 0 Å². The molecule has 1 aliphatic heterocycles. The lowest BCUT2D eigenvalue weighted by atomic mass is 9.94. The number of benzene rings is 1. The van der Waals surface area contributed by atoms with E-state index >= 15 is 0 Å². The fourth-order valence-electron chi connectivity index (χ4n) is 4.51. The molecule has 0 amide bonds. The number of pyridine rings is 1. The number of Topliss-reactive ketones (excluding diaryl/α,β-unsaturated/α-hetero) is 1. The molecule has 1 aliphatic carbocycles. The number of ketones is 1. The van der Waals surface area contributed by atoms with Crippen LogP contribution in [0.3, 0.4) is 0 Å². The minimum absolute atomic E-state index is 0.130. The first-order chi connectivity index (χ1) is 17.0. The molecule has 2 fully saturated rings. The largest absolute Gasteiger partial charge is 0.489 e. The minimum Gasteiger partial charge on any atom is -0.489 e. The number of ether oxygens (including phenoxy) is 2.